The molecule has 0 bridgehead atoms. The number of thiazole rings is 1. The van der Waals surface area contributed by atoms with Crippen LogP contribution in [0, 0.1) is 5.82 Å². The van der Waals surface area contributed by atoms with Crippen LogP contribution in [0.5, 0.6) is 0 Å². The van der Waals surface area contributed by atoms with E-state index in [4.69, 9.17) is 5.53 Å². The van der Waals surface area contributed by atoms with E-state index in [9.17, 15) is 9.18 Å². The molecule has 0 aliphatic heterocycles. The minimum Gasteiger partial charge on any atom is -0.268 e. The van der Waals surface area contributed by atoms with Crippen LogP contribution in [0.15, 0.2) is 45.8 Å². The Balaban J connectivity index is 2.39. The van der Waals surface area contributed by atoms with E-state index in [1.165, 1.54) is 33.9 Å². The number of fused-ring (bicyclic) bond motifs is 1. The number of benzene rings is 1. The van der Waals surface area contributed by atoms with E-state index in [1.807, 2.05) is 0 Å². The van der Waals surface area contributed by atoms with Gasteiger partial charge in [-0.3, -0.25) is 9.20 Å². The highest BCUT2D eigenvalue weighted by atomic mass is 32.1. The van der Waals surface area contributed by atoms with Crippen LogP contribution in [-0.4, -0.2) is 9.38 Å². The second-order valence-electron chi connectivity index (χ2n) is 4.62. The van der Waals surface area contributed by atoms with Gasteiger partial charge in [0.2, 0.25) is 0 Å². The molecule has 0 saturated heterocycles. The molecule has 0 radical (unpaired) electrons. The van der Waals surface area contributed by atoms with Crippen molar-refractivity contribution in [1.29, 1.82) is 0 Å². The van der Waals surface area contributed by atoms with Crippen molar-refractivity contribution in [3.8, 4) is 11.1 Å². The number of azide groups is 1. The summed E-state index contributed by atoms with van der Waals surface area (Å²) < 4.78 is 14.9. The summed E-state index contributed by atoms with van der Waals surface area (Å²) in [5, 5.41) is 5.35. The normalized spacial score (nSPS) is 12.1. The van der Waals surface area contributed by atoms with E-state index in [1.54, 1.807) is 24.6 Å². The smallest absolute Gasteiger partial charge is 0.266 e. The van der Waals surface area contributed by atoms with Gasteiger partial charge in [-0.05, 0) is 23.2 Å². The van der Waals surface area contributed by atoms with Gasteiger partial charge in [0.1, 0.15) is 5.82 Å². The summed E-state index contributed by atoms with van der Waals surface area (Å²) in [6.07, 6.45) is 1.61. The molecule has 0 N–H and O–H groups in total. The molecule has 110 valence electrons. The van der Waals surface area contributed by atoms with Crippen molar-refractivity contribution < 1.29 is 4.39 Å². The van der Waals surface area contributed by atoms with Gasteiger partial charge in [-0.25, -0.2) is 9.37 Å². The van der Waals surface area contributed by atoms with Gasteiger partial charge in [-0.15, -0.1) is 11.3 Å². The van der Waals surface area contributed by atoms with Gasteiger partial charge in [-0.1, -0.05) is 24.2 Å². The summed E-state index contributed by atoms with van der Waals surface area (Å²) in [6.45, 7) is 1.65. The van der Waals surface area contributed by atoms with Crippen LogP contribution in [0.3, 0.4) is 0 Å². The Bertz CT molecular complexity index is 957. The van der Waals surface area contributed by atoms with Crippen molar-refractivity contribution in [2.75, 3.05) is 0 Å². The molecule has 0 aliphatic carbocycles. The molecule has 3 aromatic rings. The van der Waals surface area contributed by atoms with E-state index < -0.39 is 11.9 Å². The van der Waals surface area contributed by atoms with E-state index in [0.29, 0.717) is 16.2 Å². The Hall–Kier alpha value is -2.70. The number of nitrogens with zero attached hydrogens (tertiary/aromatic N) is 5. The maximum Gasteiger partial charge on any atom is 0.266 e. The molecular weight excluding hydrogens is 305 g/mol. The molecule has 1 unspecified atom stereocenters. The van der Waals surface area contributed by atoms with Crippen molar-refractivity contribution in [3.63, 3.8) is 0 Å². The Morgan fingerprint density at radius 1 is 1.50 bits per heavy atom. The Morgan fingerprint density at radius 2 is 2.32 bits per heavy atom. The third-order valence-electron chi connectivity index (χ3n) is 3.23. The third kappa shape index (κ3) is 2.34. The van der Waals surface area contributed by atoms with E-state index in [2.05, 4.69) is 15.0 Å². The standard InChI is InChI=1S/C14H10FN5OS/c1-8(18-19-16)12-11(9-3-2-4-10(15)7-9)13(21)20-5-6-22-14(20)17-12/h2-8H,1H3. The molecule has 3 rings (SSSR count). The fourth-order valence-electron chi connectivity index (χ4n) is 2.25. The second kappa shape index (κ2) is 5.59. The highest BCUT2D eigenvalue weighted by Crippen LogP contribution is 2.27. The van der Waals surface area contributed by atoms with Gasteiger partial charge in [0.25, 0.3) is 5.56 Å². The van der Waals surface area contributed by atoms with Crippen LogP contribution in [0.2, 0.25) is 0 Å². The first kappa shape index (κ1) is 14.2. The lowest BCUT2D eigenvalue weighted by Gasteiger charge is -2.11. The number of rotatable bonds is 3. The molecule has 8 heteroatoms. The van der Waals surface area contributed by atoms with Crippen molar-refractivity contribution in [3.05, 3.63) is 68.2 Å². The summed E-state index contributed by atoms with van der Waals surface area (Å²) in [5.41, 5.74) is 9.32. The highest BCUT2D eigenvalue weighted by molar-refractivity contribution is 7.15. The van der Waals surface area contributed by atoms with Gasteiger partial charge < -0.3 is 0 Å². The fraction of sp³-hybridized carbons (Fsp3) is 0.143. The molecule has 0 aliphatic rings. The average Bonchev–Trinajstić information content (AvgIpc) is 2.96. The zero-order valence-electron chi connectivity index (χ0n) is 11.5. The summed E-state index contributed by atoms with van der Waals surface area (Å²) in [5.74, 6) is -0.449. The van der Waals surface area contributed by atoms with Crippen molar-refractivity contribution in [1.82, 2.24) is 9.38 Å². The monoisotopic (exact) mass is 315 g/mol. The molecule has 1 atom stereocenters. The van der Waals surface area contributed by atoms with Crippen LogP contribution in [0.25, 0.3) is 26.5 Å². The molecule has 0 spiro atoms. The van der Waals surface area contributed by atoms with Crippen LogP contribution in [-0.2, 0) is 0 Å². The number of hydrogen-bond acceptors (Lipinski definition) is 4. The predicted molar refractivity (Wildman–Crippen MR) is 82.3 cm³/mol. The number of hydrogen-bond donors (Lipinski definition) is 0. The minimum atomic E-state index is -0.636. The first-order valence-corrected chi connectivity index (χ1v) is 7.29. The summed E-state index contributed by atoms with van der Waals surface area (Å²) >= 11 is 1.30. The molecule has 2 heterocycles. The molecular formula is C14H10FN5OS. The first-order valence-electron chi connectivity index (χ1n) is 6.41. The maximum absolute atomic E-state index is 13.5. The van der Waals surface area contributed by atoms with E-state index in [0.717, 1.165) is 0 Å². The lowest BCUT2D eigenvalue weighted by Crippen LogP contribution is -2.19. The lowest BCUT2D eigenvalue weighted by molar-refractivity contribution is 0.628. The van der Waals surface area contributed by atoms with Crippen LogP contribution in [0.4, 0.5) is 4.39 Å². The lowest BCUT2D eigenvalue weighted by atomic mass is 10.0. The maximum atomic E-state index is 13.5. The fourth-order valence-corrected chi connectivity index (χ4v) is 2.96. The predicted octanol–water partition coefficient (Wildman–Crippen LogP) is 3.93. The molecule has 22 heavy (non-hydrogen) atoms. The van der Waals surface area contributed by atoms with Gasteiger partial charge in [0.15, 0.2) is 4.96 Å². The first-order chi connectivity index (χ1) is 10.6. The van der Waals surface area contributed by atoms with E-state index in [-0.39, 0.29) is 11.1 Å². The Morgan fingerprint density at radius 3 is 3.05 bits per heavy atom. The quantitative estimate of drug-likeness (QED) is 0.416. The summed E-state index contributed by atoms with van der Waals surface area (Å²) in [7, 11) is 0. The van der Waals surface area contributed by atoms with Gasteiger partial charge >= 0.3 is 0 Å². The van der Waals surface area contributed by atoms with E-state index >= 15 is 0 Å². The molecule has 2 aromatic heterocycles. The van der Waals surface area contributed by atoms with Crippen molar-refractivity contribution in [2.24, 2.45) is 5.11 Å². The average molecular weight is 315 g/mol. The largest absolute Gasteiger partial charge is 0.268 e. The van der Waals surface area contributed by atoms with Gasteiger partial charge in [0, 0.05) is 16.5 Å². The molecule has 1 aromatic carbocycles. The highest BCUT2D eigenvalue weighted by Gasteiger charge is 2.19. The third-order valence-corrected chi connectivity index (χ3v) is 3.98. The minimum absolute atomic E-state index is 0.246. The van der Waals surface area contributed by atoms with Crippen molar-refractivity contribution >= 4 is 16.3 Å². The molecule has 6 nitrogen and oxygen atoms in total. The van der Waals surface area contributed by atoms with Gasteiger partial charge in [-0.2, -0.15) is 0 Å². The van der Waals surface area contributed by atoms with Crippen molar-refractivity contribution in [2.45, 2.75) is 13.0 Å². The number of aromatic nitrogens is 2. The Kier molecular flexibility index (Phi) is 3.62. The Labute approximate surface area is 128 Å². The van der Waals surface area contributed by atoms with Crippen LogP contribution in [0.1, 0.15) is 18.7 Å². The molecule has 0 fully saturated rings. The zero-order chi connectivity index (χ0) is 15.7. The number of halogens is 1. The molecule has 0 amide bonds. The zero-order valence-corrected chi connectivity index (χ0v) is 12.3. The van der Waals surface area contributed by atoms with Gasteiger partial charge in [0.05, 0.1) is 17.3 Å². The topological polar surface area (TPSA) is 83.1 Å². The SMILES string of the molecule is CC(N=[N+]=[N-])c1nc2sccn2c(=O)c1-c1cccc(F)c1. The van der Waals surface area contributed by atoms with Crippen LogP contribution >= 0.6 is 11.3 Å². The summed E-state index contributed by atoms with van der Waals surface area (Å²) in [6, 6.07) is 5.09. The summed E-state index contributed by atoms with van der Waals surface area (Å²) in [4.78, 5) is 20.4. The van der Waals surface area contributed by atoms with Crippen LogP contribution < -0.4 is 5.56 Å². The molecule has 0 saturated carbocycles. The second-order valence-corrected chi connectivity index (χ2v) is 5.50.